The summed E-state index contributed by atoms with van der Waals surface area (Å²) in [6.07, 6.45) is 6.87. The summed E-state index contributed by atoms with van der Waals surface area (Å²) in [5.74, 6) is 3.63. The van der Waals surface area contributed by atoms with Crippen molar-refractivity contribution < 1.29 is 19.1 Å². The number of ether oxygens (including phenoxy) is 2. The van der Waals surface area contributed by atoms with Crippen LogP contribution in [-0.2, 0) is 9.59 Å². The molecule has 5 aliphatic rings. The van der Waals surface area contributed by atoms with E-state index in [2.05, 4.69) is 10.9 Å². The zero-order chi connectivity index (χ0) is 19.1. The predicted octanol–water partition coefficient (Wildman–Crippen LogP) is 2.91. The molecule has 6 rings (SSSR count). The van der Waals surface area contributed by atoms with E-state index in [1.54, 1.807) is 0 Å². The third-order valence-electron chi connectivity index (χ3n) is 6.72. The number of amides is 2. The first-order valence-electron chi connectivity index (χ1n) is 10.2. The number of carbonyl (C=O) groups is 2. The number of rotatable bonds is 4. The van der Waals surface area contributed by atoms with Gasteiger partial charge in [-0.15, -0.1) is 11.8 Å². The first kappa shape index (κ1) is 18.2. The second-order valence-corrected chi connectivity index (χ2v) is 9.84. The second kappa shape index (κ2) is 7.17. The van der Waals surface area contributed by atoms with Gasteiger partial charge in [-0.05, 0) is 74.5 Å². The SMILES string of the molecule is O=C(CSc1ccc2c(c1)OCCO2)NNC(=O)C12CC3CC(CC(C3)C1)C2. The van der Waals surface area contributed by atoms with Crippen LogP contribution in [0.4, 0.5) is 0 Å². The van der Waals surface area contributed by atoms with Crippen molar-refractivity contribution in [3.05, 3.63) is 18.2 Å². The molecule has 1 aromatic rings. The molecule has 0 radical (unpaired) electrons. The van der Waals surface area contributed by atoms with E-state index < -0.39 is 0 Å². The van der Waals surface area contributed by atoms with Crippen LogP contribution >= 0.6 is 11.8 Å². The lowest BCUT2D eigenvalue weighted by molar-refractivity contribution is -0.148. The molecule has 28 heavy (non-hydrogen) atoms. The summed E-state index contributed by atoms with van der Waals surface area (Å²) in [7, 11) is 0. The summed E-state index contributed by atoms with van der Waals surface area (Å²) >= 11 is 1.41. The lowest BCUT2D eigenvalue weighted by atomic mass is 9.49. The highest BCUT2D eigenvalue weighted by atomic mass is 32.2. The molecular formula is C21H26N2O4S. The molecule has 2 amide bonds. The van der Waals surface area contributed by atoms with Gasteiger partial charge in [0.1, 0.15) is 13.2 Å². The summed E-state index contributed by atoms with van der Waals surface area (Å²) in [4.78, 5) is 26.0. The number of fused-ring (bicyclic) bond motifs is 1. The molecule has 1 heterocycles. The molecule has 4 saturated carbocycles. The molecule has 0 unspecified atom stereocenters. The van der Waals surface area contributed by atoms with Crippen molar-refractivity contribution in [1.82, 2.24) is 10.9 Å². The Labute approximate surface area is 169 Å². The van der Waals surface area contributed by atoms with E-state index in [1.807, 2.05) is 18.2 Å². The Morgan fingerprint density at radius 3 is 2.29 bits per heavy atom. The van der Waals surface area contributed by atoms with Crippen molar-refractivity contribution in [2.24, 2.45) is 23.2 Å². The molecule has 0 saturated heterocycles. The maximum Gasteiger partial charge on any atom is 0.248 e. The fourth-order valence-electron chi connectivity index (χ4n) is 5.95. The van der Waals surface area contributed by atoms with Gasteiger partial charge in [0.2, 0.25) is 11.8 Å². The summed E-state index contributed by atoms with van der Waals surface area (Å²) in [6, 6.07) is 5.67. The lowest BCUT2D eigenvalue weighted by Gasteiger charge is -2.55. The van der Waals surface area contributed by atoms with Crippen molar-refractivity contribution in [3.8, 4) is 11.5 Å². The number of thioether (sulfide) groups is 1. The van der Waals surface area contributed by atoms with Crippen LogP contribution < -0.4 is 20.3 Å². The number of benzene rings is 1. The van der Waals surface area contributed by atoms with Gasteiger partial charge in [0.15, 0.2) is 11.5 Å². The highest BCUT2D eigenvalue weighted by Crippen LogP contribution is 2.60. The minimum atomic E-state index is -0.245. The van der Waals surface area contributed by atoms with Gasteiger partial charge >= 0.3 is 0 Å². The Bertz CT molecular complexity index is 761. The van der Waals surface area contributed by atoms with Crippen LogP contribution in [0.5, 0.6) is 11.5 Å². The number of carbonyl (C=O) groups excluding carboxylic acids is 2. The van der Waals surface area contributed by atoms with E-state index in [4.69, 9.17) is 9.47 Å². The molecular weight excluding hydrogens is 376 g/mol. The number of hydrazine groups is 1. The normalized spacial score (nSPS) is 32.1. The Morgan fingerprint density at radius 2 is 1.61 bits per heavy atom. The van der Waals surface area contributed by atoms with Crippen LogP contribution in [0.1, 0.15) is 38.5 Å². The number of hydrogen-bond donors (Lipinski definition) is 2. The predicted molar refractivity (Wildman–Crippen MR) is 105 cm³/mol. The number of hydrogen-bond acceptors (Lipinski definition) is 5. The molecule has 7 heteroatoms. The van der Waals surface area contributed by atoms with Crippen LogP contribution in [0.2, 0.25) is 0 Å². The van der Waals surface area contributed by atoms with Crippen molar-refractivity contribution in [2.75, 3.05) is 19.0 Å². The fraction of sp³-hybridized carbons (Fsp3) is 0.619. The van der Waals surface area contributed by atoms with E-state index in [0.29, 0.717) is 36.7 Å². The van der Waals surface area contributed by atoms with Crippen LogP contribution in [0.3, 0.4) is 0 Å². The summed E-state index contributed by atoms with van der Waals surface area (Å²) in [5, 5.41) is 0. The van der Waals surface area contributed by atoms with Gasteiger partial charge in [-0.1, -0.05) is 0 Å². The molecule has 2 N–H and O–H groups in total. The smallest absolute Gasteiger partial charge is 0.248 e. The molecule has 6 nitrogen and oxygen atoms in total. The first-order valence-corrected chi connectivity index (χ1v) is 11.2. The van der Waals surface area contributed by atoms with Gasteiger partial charge in [0, 0.05) is 4.90 Å². The Hall–Kier alpha value is -1.89. The monoisotopic (exact) mass is 402 g/mol. The molecule has 4 bridgehead atoms. The summed E-state index contributed by atoms with van der Waals surface area (Å²) in [5.41, 5.74) is 5.11. The van der Waals surface area contributed by atoms with Crippen LogP contribution in [0, 0.1) is 23.2 Å². The zero-order valence-corrected chi connectivity index (χ0v) is 16.7. The fourth-order valence-corrected chi connectivity index (χ4v) is 6.67. The molecule has 1 aliphatic heterocycles. The van der Waals surface area contributed by atoms with Gasteiger partial charge in [0.05, 0.1) is 11.2 Å². The Kier molecular flexibility index (Phi) is 4.65. The molecule has 1 aromatic carbocycles. The van der Waals surface area contributed by atoms with Gasteiger partial charge in [0.25, 0.3) is 0 Å². The third kappa shape index (κ3) is 3.45. The standard InChI is InChI=1S/C21H26N2O4S/c24-19(12-28-16-1-2-17-18(8-16)27-4-3-26-17)22-23-20(25)21-9-13-5-14(10-21)7-15(6-13)11-21/h1-2,8,13-15H,3-7,9-12H2,(H,22,24)(H,23,25). The quantitative estimate of drug-likeness (QED) is 0.598. The van der Waals surface area contributed by atoms with Crippen LogP contribution in [-0.4, -0.2) is 30.8 Å². The topological polar surface area (TPSA) is 76.7 Å². The molecule has 0 spiro atoms. The van der Waals surface area contributed by atoms with E-state index in [9.17, 15) is 9.59 Å². The Morgan fingerprint density at radius 1 is 0.964 bits per heavy atom. The molecule has 4 fully saturated rings. The van der Waals surface area contributed by atoms with Crippen molar-refractivity contribution in [3.63, 3.8) is 0 Å². The average Bonchev–Trinajstić information content (AvgIpc) is 2.69. The molecule has 0 aromatic heterocycles. The number of nitrogens with one attached hydrogen (secondary N) is 2. The van der Waals surface area contributed by atoms with Gasteiger partial charge in [-0.25, -0.2) is 0 Å². The first-order chi connectivity index (χ1) is 13.6. The highest BCUT2D eigenvalue weighted by Gasteiger charge is 2.54. The van der Waals surface area contributed by atoms with Gasteiger partial charge in [-0.3, -0.25) is 20.4 Å². The molecule has 0 atom stereocenters. The van der Waals surface area contributed by atoms with E-state index >= 15 is 0 Å². The minimum Gasteiger partial charge on any atom is -0.486 e. The largest absolute Gasteiger partial charge is 0.486 e. The lowest BCUT2D eigenvalue weighted by Crippen LogP contribution is -2.56. The summed E-state index contributed by atoms with van der Waals surface area (Å²) in [6.45, 7) is 1.10. The van der Waals surface area contributed by atoms with E-state index in [1.165, 1.54) is 31.0 Å². The van der Waals surface area contributed by atoms with Crippen molar-refractivity contribution >= 4 is 23.6 Å². The van der Waals surface area contributed by atoms with Crippen LogP contribution in [0.25, 0.3) is 0 Å². The maximum absolute atomic E-state index is 12.9. The zero-order valence-electron chi connectivity index (χ0n) is 15.9. The second-order valence-electron chi connectivity index (χ2n) is 8.79. The van der Waals surface area contributed by atoms with Crippen LogP contribution in [0.15, 0.2) is 23.1 Å². The van der Waals surface area contributed by atoms with Gasteiger partial charge in [-0.2, -0.15) is 0 Å². The molecule has 150 valence electrons. The van der Waals surface area contributed by atoms with E-state index in [-0.39, 0.29) is 23.0 Å². The van der Waals surface area contributed by atoms with E-state index in [0.717, 1.165) is 29.9 Å². The maximum atomic E-state index is 12.9. The third-order valence-corrected chi connectivity index (χ3v) is 7.71. The Balaban J connectivity index is 1.12. The van der Waals surface area contributed by atoms with Crippen molar-refractivity contribution in [1.29, 1.82) is 0 Å². The minimum absolute atomic E-state index is 0.0179. The average molecular weight is 403 g/mol. The van der Waals surface area contributed by atoms with Gasteiger partial charge < -0.3 is 9.47 Å². The van der Waals surface area contributed by atoms with Crippen molar-refractivity contribution in [2.45, 2.75) is 43.4 Å². The summed E-state index contributed by atoms with van der Waals surface area (Å²) < 4.78 is 11.1. The highest BCUT2D eigenvalue weighted by molar-refractivity contribution is 8.00. The molecule has 4 aliphatic carbocycles.